The standard InChI is InChI=1S/C15H24FN3/c1-11(17)12-6-7-15(14(16)9-12)19(3)13-5-4-8-18(2)10-13/h6-7,9,11,13H,4-5,8,10,17H2,1-3H3/t11-,13?/m1/s1. The maximum Gasteiger partial charge on any atom is 0.146 e. The van der Waals surface area contributed by atoms with E-state index < -0.39 is 0 Å². The summed E-state index contributed by atoms with van der Waals surface area (Å²) in [4.78, 5) is 4.37. The predicted octanol–water partition coefficient (Wildman–Crippen LogP) is 2.38. The van der Waals surface area contributed by atoms with Crippen LogP contribution in [0.1, 0.15) is 31.4 Å². The van der Waals surface area contributed by atoms with Crippen LogP contribution in [-0.2, 0) is 0 Å². The Hall–Kier alpha value is -1.13. The third kappa shape index (κ3) is 3.25. The molecule has 106 valence electrons. The van der Waals surface area contributed by atoms with Crippen molar-refractivity contribution in [3.63, 3.8) is 0 Å². The minimum atomic E-state index is -0.175. The lowest BCUT2D eigenvalue weighted by atomic mass is 10.0. The lowest BCUT2D eigenvalue weighted by Crippen LogP contribution is -2.45. The van der Waals surface area contributed by atoms with Crippen molar-refractivity contribution in [3.05, 3.63) is 29.6 Å². The van der Waals surface area contributed by atoms with E-state index in [1.165, 1.54) is 6.42 Å². The number of nitrogens with zero attached hydrogens (tertiary/aromatic N) is 2. The van der Waals surface area contributed by atoms with Gasteiger partial charge in [-0.15, -0.1) is 0 Å². The molecule has 0 aromatic heterocycles. The molecule has 1 heterocycles. The van der Waals surface area contributed by atoms with Crippen LogP contribution in [0.25, 0.3) is 0 Å². The third-order valence-corrected chi connectivity index (χ3v) is 4.02. The normalized spacial score (nSPS) is 22.3. The van der Waals surface area contributed by atoms with Gasteiger partial charge in [0.05, 0.1) is 5.69 Å². The molecule has 0 spiro atoms. The largest absolute Gasteiger partial charge is 0.368 e. The number of likely N-dealkylation sites (tertiary alicyclic amines) is 1. The summed E-state index contributed by atoms with van der Waals surface area (Å²) < 4.78 is 14.2. The van der Waals surface area contributed by atoms with Gasteiger partial charge in [0.2, 0.25) is 0 Å². The minimum Gasteiger partial charge on any atom is -0.368 e. The van der Waals surface area contributed by atoms with Crippen molar-refractivity contribution in [2.24, 2.45) is 5.73 Å². The van der Waals surface area contributed by atoms with Crippen LogP contribution < -0.4 is 10.6 Å². The molecule has 1 aromatic carbocycles. The van der Waals surface area contributed by atoms with Gasteiger partial charge >= 0.3 is 0 Å². The van der Waals surface area contributed by atoms with Crippen LogP contribution in [0.4, 0.5) is 10.1 Å². The van der Waals surface area contributed by atoms with Crippen LogP contribution in [0.3, 0.4) is 0 Å². The molecule has 19 heavy (non-hydrogen) atoms. The molecule has 4 heteroatoms. The molecule has 0 radical (unpaired) electrons. The SMILES string of the molecule is C[C@@H](N)c1ccc(N(C)C2CCCN(C)C2)c(F)c1. The number of halogens is 1. The fraction of sp³-hybridized carbons (Fsp3) is 0.600. The lowest BCUT2D eigenvalue weighted by molar-refractivity contribution is 0.247. The van der Waals surface area contributed by atoms with Gasteiger partial charge in [0.15, 0.2) is 0 Å². The average molecular weight is 265 g/mol. The van der Waals surface area contributed by atoms with E-state index in [1.54, 1.807) is 6.07 Å². The van der Waals surface area contributed by atoms with Crippen LogP contribution in [0.5, 0.6) is 0 Å². The first-order chi connectivity index (χ1) is 8.99. The summed E-state index contributed by atoms with van der Waals surface area (Å²) in [7, 11) is 4.10. The van der Waals surface area contributed by atoms with Gasteiger partial charge in [-0.05, 0) is 51.1 Å². The fourth-order valence-electron chi connectivity index (χ4n) is 2.74. The summed E-state index contributed by atoms with van der Waals surface area (Å²) in [5.41, 5.74) is 7.30. The topological polar surface area (TPSA) is 32.5 Å². The first-order valence-electron chi connectivity index (χ1n) is 6.95. The second kappa shape index (κ2) is 5.88. The molecule has 1 fully saturated rings. The summed E-state index contributed by atoms with van der Waals surface area (Å²) in [5.74, 6) is -0.175. The summed E-state index contributed by atoms with van der Waals surface area (Å²) in [6.07, 6.45) is 2.29. The van der Waals surface area contributed by atoms with Crippen LogP contribution >= 0.6 is 0 Å². The quantitative estimate of drug-likeness (QED) is 0.910. The molecule has 1 aliphatic heterocycles. The Labute approximate surface area is 115 Å². The highest BCUT2D eigenvalue weighted by atomic mass is 19.1. The van der Waals surface area contributed by atoms with E-state index in [0.29, 0.717) is 11.7 Å². The zero-order valence-corrected chi connectivity index (χ0v) is 12.1. The van der Waals surface area contributed by atoms with Gasteiger partial charge in [-0.2, -0.15) is 0 Å². The van der Waals surface area contributed by atoms with Gasteiger partial charge in [-0.1, -0.05) is 6.07 Å². The molecule has 0 bridgehead atoms. The second-order valence-corrected chi connectivity index (χ2v) is 5.67. The van der Waals surface area contributed by atoms with Crippen molar-refractivity contribution >= 4 is 5.69 Å². The number of rotatable bonds is 3. The first kappa shape index (κ1) is 14.3. The Kier molecular flexibility index (Phi) is 4.42. The van der Waals surface area contributed by atoms with E-state index >= 15 is 0 Å². The Balaban J connectivity index is 2.16. The molecule has 2 atom stereocenters. The highest BCUT2D eigenvalue weighted by Gasteiger charge is 2.23. The number of anilines is 1. The second-order valence-electron chi connectivity index (χ2n) is 5.67. The minimum absolute atomic E-state index is 0.130. The summed E-state index contributed by atoms with van der Waals surface area (Å²) in [6.45, 7) is 4.00. The van der Waals surface area contributed by atoms with Gasteiger partial charge in [0.1, 0.15) is 5.82 Å². The van der Waals surface area contributed by atoms with Crippen LogP contribution in [-0.4, -0.2) is 38.1 Å². The van der Waals surface area contributed by atoms with Gasteiger partial charge in [-0.3, -0.25) is 0 Å². The van der Waals surface area contributed by atoms with Gasteiger partial charge in [0.25, 0.3) is 0 Å². The van der Waals surface area contributed by atoms with Crippen molar-refractivity contribution in [1.82, 2.24) is 4.90 Å². The van der Waals surface area contributed by atoms with Crippen LogP contribution in [0.15, 0.2) is 18.2 Å². The molecule has 1 aromatic rings. The average Bonchev–Trinajstić information content (AvgIpc) is 2.37. The van der Waals surface area contributed by atoms with Crippen molar-refractivity contribution in [3.8, 4) is 0 Å². The summed E-state index contributed by atoms with van der Waals surface area (Å²) in [6, 6.07) is 5.58. The van der Waals surface area contributed by atoms with E-state index in [2.05, 4.69) is 16.8 Å². The molecule has 1 unspecified atom stereocenters. The van der Waals surface area contributed by atoms with E-state index in [-0.39, 0.29) is 11.9 Å². The molecule has 1 aliphatic rings. The van der Waals surface area contributed by atoms with Gasteiger partial charge in [0, 0.05) is 25.7 Å². The lowest BCUT2D eigenvalue weighted by Gasteiger charge is -2.37. The predicted molar refractivity (Wildman–Crippen MR) is 77.9 cm³/mol. The van der Waals surface area contributed by atoms with Gasteiger partial charge < -0.3 is 15.5 Å². The number of nitrogens with two attached hydrogens (primary N) is 1. The maximum absolute atomic E-state index is 14.2. The molecule has 3 nitrogen and oxygen atoms in total. The molecule has 1 saturated heterocycles. The molecular formula is C15H24FN3. The molecule has 0 saturated carbocycles. The number of benzene rings is 1. The van der Waals surface area contributed by atoms with E-state index in [4.69, 9.17) is 5.73 Å². The van der Waals surface area contributed by atoms with Crippen molar-refractivity contribution in [1.29, 1.82) is 0 Å². The molecule has 2 N–H and O–H groups in total. The summed E-state index contributed by atoms with van der Waals surface area (Å²) >= 11 is 0. The number of piperidine rings is 1. The number of likely N-dealkylation sites (N-methyl/N-ethyl adjacent to an activating group) is 2. The van der Waals surface area contributed by atoms with Crippen molar-refractivity contribution in [2.45, 2.75) is 31.8 Å². The first-order valence-corrected chi connectivity index (χ1v) is 6.95. The van der Waals surface area contributed by atoms with E-state index in [9.17, 15) is 4.39 Å². The van der Waals surface area contributed by atoms with Crippen molar-refractivity contribution < 1.29 is 4.39 Å². The Morgan fingerprint density at radius 2 is 2.21 bits per heavy atom. The van der Waals surface area contributed by atoms with Crippen molar-refractivity contribution in [2.75, 3.05) is 32.1 Å². The zero-order chi connectivity index (χ0) is 14.0. The smallest absolute Gasteiger partial charge is 0.146 e. The van der Waals surface area contributed by atoms with Gasteiger partial charge in [-0.25, -0.2) is 4.39 Å². The highest BCUT2D eigenvalue weighted by molar-refractivity contribution is 5.50. The summed E-state index contributed by atoms with van der Waals surface area (Å²) in [5, 5.41) is 0. The van der Waals surface area contributed by atoms with Crippen LogP contribution in [0.2, 0.25) is 0 Å². The Morgan fingerprint density at radius 3 is 2.79 bits per heavy atom. The van der Waals surface area contributed by atoms with Crippen LogP contribution in [0, 0.1) is 5.82 Å². The Bertz CT molecular complexity index is 433. The monoisotopic (exact) mass is 265 g/mol. The zero-order valence-electron chi connectivity index (χ0n) is 12.1. The van der Waals surface area contributed by atoms with E-state index in [0.717, 1.165) is 25.1 Å². The molecular weight excluding hydrogens is 241 g/mol. The number of hydrogen-bond donors (Lipinski definition) is 1. The number of hydrogen-bond acceptors (Lipinski definition) is 3. The van der Waals surface area contributed by atoms with E-state index in [1.807, 2.05) is 26.1 Å². The maximum atomic E-state index is 14.2. The molecule has 0 amide bonds. The third-order valence-electron chi connectivity index (χ3n) is 4.02. The highest BCUT2D eigenvalue weighted by Crippen LogP contribution is 2.26. The molecule has 2 rings (SSSR count). The molecule has 0 aliphatic carbocycles. The Morgan fingerprint density at radius 1 is 1.47 bits per heavy atom. The fourth-order valence-corrected chi connectivity index (χ4v) is 2.74.